The second kappa shape index (κ2) is 9.84. The number of morpholine rings is 1. The number of aromatic nitrogens is 1. The molecule has 0 bridgehead atoms. The minimum atomic E-state index is 0.123. The van der Waals surface area contributed by atoms with E-state index in [-0.39, 0.29) is 5.91 Å². The quantitative estimate of drug-likeness (QED) is 0.757. The third kappa shape index (κ3) is 4.81. The molecule has 0 unspecified atom stereocenters. The first-order valence-electron chi connectivity index (χ1n) is 11.4. The average molecular weight is 414 g/mol. The van der Waals surface area contributed by atoms with Gasteiger partial charge in [-0.25, -0.2) is 0 Å². The van der Waals surface area contributed by atoms with E-state index in [1.165, 1.54) is 35.9 Å². The first-order chi connectivity index (χ1) is 14.7. The highest BCUT2D eigenvalue weighted by Crippen LogP contribution is 2.30. The molecule has 0 radical (unpaired) electrons. The van der Waals surface area contributed by atoms with E-state index in [0.717, 1.165) is 63.4 Å². The summed E-state index contributed by atoms with van der Waals surface area (Å²) in [7, 11) is 1.70. The summed E-state index contributed by atoms with van der Waals surface area (Å²) in [6.45, 7) is 7.15. The molecule has 1 aromatic carbocycles. The molecule has 1 aromatic heterocycles. The Hall–Kier alpha value is -2.05. The number of amides is 1. The molecular weight excluding hydrogens is 378 g/mol. The minimum absolute atomic E-state index is 0.123. The van der Waals surface area contributed by atoms with Crippen LogP contribution in [0.2, 0.25) is 0 Å². The summed E-state index contributed by atoms with van der Waals surface area (Å²) < 4.78 is 13.1. The smallest absolute Gasteiger partial charge is 0.240 e. The normalized spacial score (nSPS) is 18.6. The molecular formula is C24H35N3O3. The number of nitrogens with one attached hydrogen (secondary N) is 1. The fourth-order valence-electron chi connectivity index (χ4n) is 4.94. The van der Waals surface area contributed by atoms with Crippen molar-refractivity contribution in [3.05, 3.63) is 29.5 Å². The van der Waals surface area contributed by atoms with E-state index in [1.807, 2.05) is 6.07 Å². The Morgan fingerprint density at radius 3 is 2.70 bits per heavy atom. The Balaban J connectivity index is 1.55. The standard InChI is InChI=1S/C24H35N3O3/c1-18-21(10-11-26-12-14-30-15-13-26)22-16-20(29-2)8-9-23(22)27(18)17-24(28)25-19-6-4-3-5-7-19/h8-9,16,19H,3-7,10-15,17H2,1-2H3,(H,25,28). The highest BCUT2D eigenvalue weighted by atomic mass is 16.5. The van der Waals surface area contributed by atoms with Crippen molar-refractivity contribution in [3.8, 4) is 5.75 Å². The molecule has 1 amide bonds. The van der Waals surface area contributed by atoms with Crippen LogP contribution < -0.4 is 10.1 Å². The molecule has 6 nitrogen and oxygen atoms in total. The van der Waals surface area contributed by atoms with Gasteiger partial charge in [0.05, 0.1) is 20.3 Å². The van der Waals surface area contributed by atoms with Gasteiger partial charge in [0.15, 0.2) is 0 Å². The van der Waals surface area contributed by atoms with Crippen molar-refractivity contribution in [2.24, 2.45) is 0 Å². The summed E-state index contributed by atoms with van der Waals surface area (Å²) >= 11 is 0. The van der Waals surface area contributed by atoms with Crippen LogP contribution in [0.3, 0.4) is 0 Å². The molecule has 1 N–H and O–H groups in total. The summed E-state index contributed by atoms with van der Waals surface area (Å²) in [5.41, 5.74) is 3.62. The van der Waals surface area contributed by atoms with Crippen LogP contribution in [0.1, 0.15) is 43.4 Å². The van der Waals surface area contributed by atoms with E-state index in [0.29, 0.717) is 12.6 Å². The van der Waals surface area contributed by atoms with Crippen molar-refractivity contribution < 1.29 is 14.3 Å². The first-order valence-corrected chi connectivity index (χ1v) is 11.4. The zero-order valence-electron chi connectivity index (χ0n) is 18.4. The Kier molecular flexibility index (Phi) is 6.95. The highest BCUT2D eigenvalue weighted by Gasteiger charge is 2.20. The van der Waals surface area contributed by atoms with Gasteiger partial charge >= 0.3 is 0 Å². The second-order valence-electron chi connectivity index (χ2n) is 8.64. The molecule has 1 aliphatic carbocycles. The number of rotatable bonds is 7. The molecule has 0 atom stereocenters. The van der Waals surface area contributed by atoms with Gasteiger partial charge in [0.1, 0.15) is 12.3 Å². The van der Waals surface area contributed by atoms with Crippen molar-refractivity contribution in [1.29, 1.82) is 0 Å². The first kappa shape index (κ1) is 21.2. The van der Waals surface area contributed by atoms with Crippen LogP contribution in [0.5, 0.6) is 5.75 Å². The molecule has 6 heteroatoms. The molecule has 2 aromatic rings. The van der Waals surface area contributed by atoms with Gasteiger partial charge in [-0.3, -0.25) is 9.69 Å². The van der Waals surface area contributed by atoms with E-state index in [1.54, 1.807) is 7.11 Å². The lowest BCUT2D eigenvalue weighted by atomic mass is 9.95. The molecule has 2 heterocycles. The summed E-state index contributed by atoms with van der Waals surface area (Å²) in [5, 5.41) is 4.47. The van der Waals surface area contributed by atoms with Crippen molar-refractivity contribution in [1.82, 2.24) is 14.8 Å². The van der Waals surface area contributed by atoms with Crippen LogP contribution in [0, 0.1) is 6.92 Å². The summed E-state index contributed by atoms with van der Waals surface area (Å²) in [4.78, 5) is 15.3. The predicted molar refractivity (Wildman–Crippen MR) is 119 cm³/mol. The zero-order valence-corrected chi connectivity index (χ0v) is 18.4. The van der Waals surface area contributed by atoms with Crippen LogP contribution in [-0.4, -0.2) is 61.4 Å². The summed E-state index contributed by atoms with van der Waals surface area (Å²) in [6.07, 6.45) is 6.93. The third-order valence-electron chi connectivity index (χ3n) is 6.71. The van der Waals surface area contributed by atoms with Crippen LogP contribution in [-0.2, 0) is 22.5 Å². The lowest BCUT2D eigenvalue weighted by molar-refractivity contribution is -0.122. The third-order valence-corrected chi connectivity index (χ3v) is 6.71. The average Bonchev–Trinajstić information content (AvgIpc) is 3.03. The van der Waals surface area contributed by atoms with Gasteiger partial charge in [0.2, 0.25) is 5.91 Å². The largest absolute Gasteiger partial charge is 0.497 e. The van der Waals surface area contributed by atoms with Crippen LogP contribution in [0.25, 0.3) is 10.9 Å². The Labute approximate surface area is 179 Å². The Bertz CT molecular complexity index is 864. The molecule has 0 spiro atoms. The number of hydrogen-bond acceptors (Lipinski definition) is 4. The molecule has 164 valence electrons. The molecule has 2 fully saturated rings. The van der Waals surface area contributed by atoms with Crippen LogP contribution in [0.4, 0.5) is 0 Å². The fourth-order valence-corrected chi connectivity index (χ4v) is 4.94. The number of methoxy groups -OCH3 is 1. The predicted octanol–water partition coefficient (Wildman–Crippen LogP) is 3.28. The highest BCUT2D eigenvalue weighted by molar-refractivity contribution is 5.89. The van der Waals surface area contributed by atoms with Crippen molar-refractivity contribution in [3.63, 3.8) is 0 Å². The van der Waals surface area contributed by atoms with Crippen molar-refractivity contribution >= 4 is 16.8 Å². The summed E-state index contributed by atoms with van der Waals surface area (Å²) in [6, 6.07) is 6.54. The van der Waals surface area contributed by atoms with Gasteiger partial charge in [-0.1, -0.05) is 19.3 Å². The topological polar surface area (TPSA) is 55.7 Å². The number of carbonyl (C=O) groups excluding carboxylic acids is 1. The SMILES string of the molecule is COc1ccc2c(c1)c(CCN1CCOCC1)c(C)n2CC(=O)NC1CCCCC1. The lowest BCUT2D eigenvalue weighted by Crippen LogP contribution is -2.38. The Morgan fingerprint density at radius 2 is 1.97 bits per heavy atom. The zero-order chi connectivity index (χ0) is 20.9. The number of nitrogens with zero attached hydrogens (tertiary/aromatic N) is 2. The molecule has 4 rings (SSSR count). The number of carbonyl (C=O) groups is 1. The maximum absolute atomic E-state index is 12.8. The van der Waals surface area contributed by atoms with Gasteiger partial charge < -0.3 is 19.4 Å². The van der Waals surface area contributed by atoms with Crippen LogP contribution >= 0.6 is 0 Å². The molecule has 1 aliphatic heterocycles. The van der Waals surface area contributed by atoms with Gasteiger partial charge in [-0.05, 0) is 49.9 Å². The maximum atomic E-state index is 12.8. The minimum Gasteiger partial charge on any atom is -0.497 e. The summed E-state index contributed by atoms with van der Waals surface area (Å²) in [5.74, 6) is 0.983. The van der Waals surface area contributed by atoms with Crippen molar-refractivity contribution in [2.75, 3.05) is 40.0 Å². The van der Waals surface area contributed by atoms with Crippen LogP contribution in [0.15, 0.2) is 18.2 Å². The van der Waals surface area contributed by atoms with Gasteiger partial charge in [0.25, 0.3) is 0 Å². The van der Waals surface area contributed by atoms with E-state index in [2.05, 4.69) is 33.8 Å². The number of ether oxygens (including phenoxy) is 2. The molecule has 1 saturated heterocycles. The van der Waals surface area contributed by atoms with E-state index >= 15 is 0 Å². The van der Waals surface area contributed by atoms with E-state index in [4.69, 9.17) is 9.47 Å². The number of hydrogen-bond donors (Lipinski definition) is 1. The van der Waals surface area contributed by atoms with Gasteiger partial charge in [-0.15, -0.1) is 0 Å². The Morgan fingerprint density at radius 1 is 1.20 bits per heavy atom. The monoisotopic (exact) mass is 413 g/mol. The number of fused-ring (bicyclic) bond motifs is 1. The maximum Gasteiger partial charge on any atom is 0.240 e. The van der Waals surface area contributed by atoms with Crippen molar-refractivity contribution in [2.45, 2.75) is 58.0 Å². The lowest BCUT2D eigenvalue weighted by Gasteiger charge is -2.26. The molecule has 1 saturated carbocycles. The van der Waals surface area contributed by atoms with E-state index < -0.39 is 0 Å². The second-order valence-corrected chi connectivity index (χ2v) is 8.64. The number of benzene rings is 1. The molecule has 30 heavy (non-hydrogen) atoms. The fraction of sp³-hybridized carbons (Fsp3) is 0.625. The van der Waals surface area contributed by atoms with Gasteiger partial charge in [-0.2, -0.15) is 0 Å². The molecule has 2 aliphatic rings. The van der Waals surface area contributed by atoms with E-state index in [9.17, 15) is 4.79 Å². The van der Waals surface area contributed by atoms with Gasteiger partial charge in [0, 0.05) is 42.3 Å².